The number of benzene rings is 3. The highest BCUT2D eigenvalue weighted by atomic mass is 16.6. The molecule has 1 atom stereocenters. The van der Waals surface area contributed by atoms with Crippen LogP contribution in [0, 0.1) is 6.92 Å². The first-order valence-electron chi connectivity index (χ1n) is 12.3. The predicted octanol–water partition coefficient (Wildman–Crippen LogP) is 6.58. The lowest BCUT2D eigenvalue weighted by molar-refractivity contribution is -0.136. The molecule has 0 spiro atoms. The molecule has 0 fully saturated rings. The topological polar surface area (TPSA) is 103 Å². The van der Waals surface area contributed by atoms with Gasteiger partial charge in [0.2, 0.25) is 5.89 Å². The second-order valence-corrected chi connectivity index (χ2v) is 8.63. The van der Waals surface area contributed by atoms with Crippen LogP contribution in [0.15, 0.2) is 88.4 Å². The number of aryl methyl sites for hydroxylation is 1. The molecule has 0 aliphatic heterocycles. The maximum Gasteiger partial charge on any atom is 0.303 e. The van der Waals surface area contributed by atoms with Crippen LogP contribution in [0.4, 0.5) is 0 Å². The minimum atomic E-state index is -0.890. The van der Waals surface area contributed by atoms with Crippen LogP contribution in [0.3, 0.4) is 0 Å². The molecule has 0 saturated heterocycles. The van der Waals surface area contributed by atoms with E-state index in [1.807, 2.05) is 92.7 Å². The molecule has 8 heteroatoms. The molecule has 8 nitrogen and oxygen atoms in total. The number of aromatic nitrogens is 1. The highest BCUT2D eigenvalue weighted by Gasteiger charge is 2.16. The molecule has 0 aliphatic carbocycles. The van der Waals surface area contributed by atoms with Gasteiger partial charge in [-0.1, -0.05) is 59.8 Å². The van der Waals surface area contributed by atoms with Crippen LogP contribution in [-0.4, -0.2) is 28.9 Å². The lowest BCUT2D eigenvalue weighted by Crippen LogP contribution is -2.07. The van der Waals surface area contributed by atoms with E-state index in [9.17, 15) is 4.79 Å². The van der Waals surface area contributed by atoms with Gasteiger partial charge in [0.05, 0.1) is 19.2 Å². The van der Waals surface area contributed by atoms with Crippen molar-refractivity contribution in [3.05, 3.63) is 101 Å². The van der Waals surface area contributed by atoms with Crippen LogP contribution >= 0.6 is 0 Å². The standard InChI is InChI=1S/C30H30N2O6/c1-20(38-32-25(15-17-29(33)34)22-10-6-4-7-11-22)24-14-16-27(28(18-24)35-3)36-19-26-21(2)37-30(31-26)23-12-8-5-9-13-23/h4-14,16,18,20H,15,17,19H2,1-3H3,(H,33,34)/b32-25+. The maximum absolute atomic E-state index is 11.1. The number of oxime groups is 1. The average molecular weight is 515 g/mol. The largest absolute Gasteiger partial charge is 0.493 e. The third-order valence-corrected chi connectivity index (χ3v) is 5.94. The Bertz CT molecular complexity index is 1380. The Balaban J connectivity index is 1.45. The lowest BCUT2D eigenvalue weighted by Gasteiger charge is -2.15. The fourth-order valence-electron chi connectivity index (χ4n) is 3.77. The molecule has 0 amide bonds. The quantitative estimate of drug-likeness (QED) is 0.168. The predicted molar refractivity (Wildman–Crippen MR) is 143 cm³/mol. The van der Waals surface area contributed by atoms with E-state index in [2.05, 4.69) is 10.1 Å². The van der Waals surface area contributed by atoms with E-state index >= 15 is 0 Å². The van der Waals surface area contributed by atoms with Crippen LogP contribution in [0.25, 0.3) is 11.5 Å². The van der Waals surface area contributed by atoms with E-state index < -0.39 is 12.1 Å². The normalized spacial score (nSPS) is 12.1. The molecule has 3 aromatic carbocycles. The van der Waals surface area contributed by atoms with E-state index in [1.54, 1.807) is 7.11 Å². The SMILES string of the molecule is COc1cc(C(C)O/N=C(\CCC(=O)O)c2ccccc2)ccc1OCc1nc(-c2ccccc2)oc1C. The number of carbonyl (C=O) groups is 1. The van der Waals surface area contributed by atoms with Crippen molar-refractivity contribution in [3.8, 4) is 23.0 Å². The molecule has 4 aromatic rings. The number of nitrogens with zero attached hydrogens (tertiary/aromatic N) is 2. The van der Waals surface area contributed by atoms with Gasteiger partial charge in [0.15, 0.2) is 11.5 Å². The first-order valence-corrected chi connectivity index (χ1v) is 12.3. The monoisotopic (exact) mass is 514 g/mol. The van der Waals surface area contributed by atoms with Crippen molar-refractivity contribution >= 4 is 11.7 Å². The van der Waals surface area contributed by atoms with Crippen molar-refractivity contribution in [1.82, 2.24) is 4.98 Å². The van der Waals surface area contributed by atoms with Crippen molar-refractivity contribution in [2.24, 2.45) is 5.16 Å². The summed E-state index contributed by atoms with van der Waals surface area (Å²) < 4.78 is 17.4. The third kappa shape index (κ3) is 6.79. The second kappa shape index (κ2) is 12.6. The number of methoxy groups -OCH3 is 1. The van der Waals surface area contributed by atoms with Crippen molar-refractivity contribution < 1.29 is 28.6 Å². The van der Waals surface area contributed by atoms with E-state index in [-0.39, 0.29) is 19.4 Å². The Hall–Kier alpha value is -4.59. The van der Waals surface area contributed by atoms with Gasteiger partial charge in [-0.3, -0.25) is 4.79 Å². The average Bonchev–Trinajstić information content (AvgIpc) is 3.32. The van der Waals surface area contributed by atoms with Gasteiger partial charge in [-0.2, -0.15) is 0 Å². The summed E-state index contributed by atoms with van der Waals surface area (Å²) in [4.78, 5) is 21.5. The summed E-state index contributed by atoms with van der Waals surface area (Å²) in [7, 11) is 1.57. The van der Waals surface area contributed by atoms with Crippen LogP contribution in [0.5, 0.6) is 11.5 Å². The number of aliphatic carboxylic acids is 1. The number of carboxylic acids is 1. The fraction of sp³-hybridized carbons (Fsp3) is 0.233. The van der Waals surface area contributed by atoms with E-state index in [0.717, 1.165) is 16.7 Å². The fourth-order valence-corrected chi connectivity index (χ4v) is 3.77. The Morgan fingerprint density at radius 1 is 1.00 bits per heavy atom. The number of oxazole rings is 1. The molecule has 1 unspecified atom stereocenters. The minimum absolute atomic E-state index is 0.0385. The van der Waals surface area contributed by atoms with E-state index in [1.165, 1.54) is 0 Å². The molecule has 38 heavy (non-hydrogen) atoms. The maximum atomic E-state index is 11.1. The smallest absolute Gasteiger partial charge is 0.303 e. The van der Waals surface area contributed by atoms with Crippen LogP contribution < -0.4 is 9.47 Å². The molecule has 1 heterocycles. The molecule has 1 N–H and O–H groups in total. The van der Waals surface area contributed by atoms with E-state index in [0.29, 0.717) is 34.6 Å². The number of hydrogen-bond acceptors (Lipinski definition) is 7. The highest BCUT2D eigenvalue weighted by molar-refractivity contribution is 6.01. The van der Waals surface area contributed by atoms with Gasteiger partial charge in [-0.25, -0.2) is 4.98 Å². The number of carboxylic acid groups (broad SMARTS) is 1. The van der Waals surface area contributed by atoms with Crippen molar-refractivity contribution in [2.75, 3.05) is 7.11 Å². The van der Waals surface area contributed by atoms with Crippen LogP contribution in [0.2, 0.25) is 0 Å². The zero-order valence-corrected chi connectivity index (χ0v) is 21.6. The van der Waals surface area contributed by atoms with Gasteiger partial charge in [-0.15, -0.1) is 0 Å². The molecular weight excluding hydrogens is 484 g/mol. The molecule has 0 radical (unpaired) electrons. The molecular formula is C30H30N2O6. The lowest BCUT2D eigenvalue weighted by atomic mass is 10.1. The van der Waals surface area contributed by atoms with Crippen LogP contribution in [0.1, 0.15) is 48.5 Å². The summed E-state index contributed by atoms with van der Waals surface area (Å²) in [6.07, 6.45) is -0.189. The third-order valence-electron chi connectivity index (χ3n) is 5.94. The minimum Gasteiger partial charge on any atom is -0.493 e. The molecule has 1 aromatic heterocycles. The summed E-state index contributed by atoms with van der Waals surface area (Å²) >= 11 is 0. The molecule has 0 aliphatic rings. The van der Waals surface area contributed by atoms with Crippen molar-refractivity contribution in [3.63, 3.8) is 0 Å². The van der Waals surface area contributed by atoms with Crippen molar-refractivity contribution in [2.45, 2.75) is 39.4 Å². The second-order valence-electron chi connectivity index (χ2n) is 8.63. The molecule has 0 bridgehead atoms. The van der Waals surface area contributed by atoms with Gasteiger partial charge in [0, 0.05) is 12.0 Å². The Morgan fingerprint density at radius 3 is 2.39 bits per heavy atom. The summed E-state index contributed by atoms with van der Waals surface area (Å²) in [5.74, 6) is 1.45. The van der Waals surface area contributed by atoms with Crippen LogP contribution in [-0.2, 0) is 16.2 Å². The van der Waals surface area contributed by atoms with Gasteiger partial charge in [0.25, 0.3) is 0 Å². The molecule has 4 rings (SSSR count). The highest BCUT2D eigenvalue weighted by Crippen LogP contribution is 2.32. The summed E-state index contributed by atoms with van der Waals surface area (Å²) in [5, 5.41) is 13.4. The molecule has 0 saturated carbocycles. The summed E-state index contributed by atoms with van der Waals surface area (Å²) in [6, 6.07) is 24.6. The van der Waals surface area contributed by atoms with Gasteiger partial charge < -0.3 is 23.8 Å². The number of hydrogen-bond donors (Lipinski definition) is 1. The Kier molecular flexibility index (Phi) is 8.77. The number of rotatable bonds is 12. The van der Waals surface area contributed by atoms with Gasteiger partial charge in [0.1, 0.15) is 24.2 Å². The zero-order valence-electron chi connectivity index (χ0n) is 21.6. The first kappa shape index (κ1) is 26.5. The van der Waals surface area contributed by atoms with Crippen molar-refractivity contribution in [1.29, 1.82) is 0 Å². The first-order chi connectivity index (χ1) is 18.4. The summed E-state index contributed by atoms with van der Waals surface area (Å²) in [6.45, 7) is 3.94. The number of ether oxygens (including phenoxy) is 2. The van der Waals surface area contributed by atoms with Gasteiger partial charge in [-0.05, 0) is 49.2 Å². The molecule has 196 valence electrons. The zero-order chi connectivity index (χ0) is 26.9. The van der Waals surface area contributed by atoms with Gasteiger partial charge >= 0.3 is 5.97 Å². The van der Waals surface area contributed by atoms with E-state index in [4.69, 9.17) is 23.8 Å². The summed E-state index contributed by atoms with van der Waals surface area (Å²) in [5.41, 5.74) is 3.83. The Labute approximate surface area is 221 Å². The Morgan fingerprint density at radius 2 is 1.71 bits per heavy atom.